The Morgan fingerprint density at radius 2 is 1.79 bits per heavy atom. The molecule has 0 bridgehead atoms. The molecule has 29 heavy (non-hydrogen) atoms. The van der Waals surface area contributed by atoms with Crippen molar-refractivity contribution in [1.82, 2.24) is 9.97 Å². The second kappa shape index (κ2) is 7.28. The van der Waals surface area contributed by atoms with E-state index in [9.17, 15) is 0 Å². The maximum Gasteiger partial charge on any atom is 0.222 e. The molecule has 2 heterocycles. The summed E-state index contributed by atoms with van der Waals surface area (Å²) in [6.07, 6.45) is 0.951. The molecule has 5 rings (SSSR count). The zero-order valence-electron chi connectivity index (χ0n) is 16.0. The zero-order valence-corrected chi connectivity index (χ0v) is 16.0. The highest BCUT2D eigenvalue weighted by Crippen LogP contribution is 2.23. The quantitative estimate of drug-likeness (QED) is 0.407. The van der Waals surface area contributed by atoms with Gasteiger partial charge >= 0.3 is 0 Å². The minimum absolute atomic E-state index is 0.605. The largest absolute Gasteiger partial charge is 0.456 e. The fourth-order valence-electron chi connectivity index (χ4n) is 3.39. The summed E-state index contributed by atoms with van der Waals surface area (Å²) < 4.78 is 6.18. The highest BCUT2D eigenvalue weighted by molar-refractivity contribution is 5.79. The van der Waals surface area contributed by atoms with Crippen molar-refractivity contribution in [1.29, 1.82) is 0 Å². The van der Waals surface area contributed by atoms with E-state index in [0.717, 1.165) is 45.1 Å². The van der Waals surface area contributed by atoms with Crippen LogP contribution in [0.1, 0.15) is 12.5 Å². The van der Waals surface area contributed by atoms with Crippen LogP contribution in [0.25, 0.3) is 33.3 Å². The van der Waals surface area contributed by atoms with Crippen LogP contribution in [0.3, 0.4) is 0 Å². The fraction of sp³-hybridized carbons (Fsp3) is 0.0833. The zero-order chi connectivity index (χ0) is 19.6. The van der Waals surface area contributed by atoms with Crippen molar-refractivity contribution >= 4 is 28.0 Å². The van der Waals surface area contributed by atoms with Crippen molar-refractivity contribution in [2.45, 2.75) is 13.3 Å². The number of hydrogen-bond donors (Lipinski definition) is 2. The van der Waals surface area contributed by atoms with Crippen molar-refractivity contribution in [3.8, 4) is 11.3 Å². The summed E-state index contributed by atoms with van der Waals surface area (Å²) >= 11 is 0. The van der Waals surface area contributed by atoms with Gasteiger partial charge in [-0.25, -0.2) is 10.4 Å². The monoisotopic (exact) mass is 380 g/mol. The maximum atomic E-state index is 6.18. The Balaban J connectivity index is 1.65. The Hall–Kier alpha value is -3.86. The third-order valence-corrected chi connectivity index (χ3v) is 4.95. The van der Waals surface area contributed by atoms with Crippen molar-refractivity contribution in [3.05, 3.63) is 89.8 Å². The number of anilines is 1. The van der Waals surface area contributed by atoms with Crippen LogP contribution in [0, 0.1) is 0 Å². The molecule has 142 valence electrons. The van der Waals surface area contributed by atoms with Gasteiger partial charge in [-0.2, -0.15) is 5.10 Å². The predicted molar refractivity (Wildman–Crippen MR) is 116 cm³/mol. The van der Waals surface area contributed by atoms with E-state index in [2.05, 4.69) is 39.6 Å². The lowest BCUT2D eigenvalue weighted by molar-refractivity contribution is 0.618. The molecule has 0 saturated heterocycles. The lowest BCUT2D eigenvalue weighted by Gasteiger charge is -2.06. The smallest absolute Gasteiger partial charge is 0.222 e. The van der Waals surface area contributed by atoms with Gasteiger partial charge in [-0.05, 0) is 36.2 Å². The van der Waals surface area contributed by atoms with Gasteiger partial charge in [0, 0.05) is 17.0 Å². The molecule has 0 aliphatic carbocycles. The van der Waals surface area contributed by atoms with Gasteiger partial charge in [-0.15, -0.1) is 0 Å². The average molecular weight is 380 g/mol. The number of nitrogens with one attached hydrogen (secondary N) is 2. The molecule has 5 nitrogen and oxygen atoms in total. The molecule has 0 fully saturated rings. The average Bonchev–Trinajstić information content (AvgIpc) is 3.20. The number of H-pyrrole nitrogens is 1. The molecule has 5 aromatic rings. The van der Waals surface area contributed by atoms with Crippen LogP contribution >= 0.6 is 0 Å². The Labute approximate surface area is 167 Å². The van der Waals surface area contributed by atoms with Crippen LogP contribution in [0.15, 0.2) is 88.4 Å². The number of benzene rings is 3. The molecule has 0 unspecified atom stereocenters. The number of aromatic nitrogens is 2. The van der Waals surface area contributed by atoms with Crippen LogP contribution in [0.5, 0.6) is 0 Å². The number of hydrogen-bond acceptors (Lipinski definition) is 4. The Morgan fingerprint density at radius 1 is 0.966 bits per heavy atom. The summed E-state index contributed by atoms with van der Waals surface area (Å²) in [5, 5.41) is 6.43. The van der Waals surface area contributed by atoms with E-state index >= 15 is 0 Å². The summed E-state index contributed by atoms with van der Waals surface area (Å²) in [6, 6.07) is 26.2. The van der Waals surface area contributed by atoms with Crippen LogP contribution in [0.4, 0.5) is 5.95 Å². The number of fused-ring (bicyclic) bond motifs is 2. The van der Waals surface area contributed by atoms with E-state index in [0.29, 0.717) is 5.95 Å². The van der Waals surface area contributed by atoms with E-state index in [1.807, 2.05) is 66.7 Å². The first kappa shape index (κ1) is 17.3. The molecule has 0 spiro atoms. The maximum absolute atomic E-state index is 6.18. The minimum Gasteiger partial charge on any atom is -0.456 e. The van der Waals surface area contributed by atoms with Crippen molar-refractivity contribution in [2.24, 2.45) is 5.10 Å². The van der Waals surface area contributed by atoms with Gasteiger partial charge in [-0.3, -0.25) is 0 Å². The third-order valence-electron chi connectivity index (χ3n) is 4.95. The number of rotatable bonds is 4. The van der Waals surface area contributed by atoms with E-state index in [1.165, 1.54) is 5.56 Å². The SMILES string of the molecule is CCc1ccc2oc(-c3ccccc3)c/c(=N\Nc3nc4ccccc4[nH]3)c2c1. The number of imidazole rings is 1. The van der Waals surface area contributed by atoms with E-state index in [4.69, 9.17) is 4.42 Å². The first-order valence-electron chi connectivity index (χ1n) is 9.67. The Morgan fingerprint density at radius 3 is 2.62 bits per heavy atom. The van der Waals surface area contributed by atoms with E-state index in [1.54, 1.807) is 0 Å². The van der Waals surface area contributed by atoms with Crippen LogP contribution < -0.4 is 10.8 Å². The second-order valence-corrected chi connectivity index (χ2v) is 6.87. The molecule has 0 radical (unpaired) electrons. The molecule has 0 aliphatic heterocycles. The number of para-hydroxylation sites is 2. The molecular formula is C24H20N4O. The topological polar surface area (TPSA) is 66.2 Å². The molecular weight excluding hydrogens is 360 g/mol. The number of nitrogens with zero attached hydrogens (tertiary/aromatic N) is 2. The lowest BCUT2D eigenvalue weighted by atomic mass is 10.1. The summed E-state index contributed by atoms with van der Waals surface area (Å²) in [6.45, 7) is 2.14. The van der Waals surface area contributed by atoms with E-state index in [-0.39, 0.29) is 0 Å². The van der Waals surface area contributed by atoms with Crippen molar-refractivity contribution in [2.75, 3.05) is 5.43 Å². The van der Waals surface area contributed by atoms with Crippen molar-refractivity contribution < 1.29 is 4.42 Å². The molecule has 0 saturated carbocycles. The van der Waals surface area contributed by atoms with Crippen LogP contribution in [-0.4, -0.2) is 9.97 Å². The van der Waals surface area contributed by atoms with Crippen LogP contribution in [0.2, 0.25) is 0 Å². The van der Waals surface area contributed by atoms with E-state index < -0.39 is 0 Å². The first-order chi connectivity index (χ1) is 14.3. The predicted octanol–water partition coefficient (Wildman–Crippen LogP) is 5.47. The first-order valence-corrected chi connectivity index (χ1v) is 9.67. The molecule has 0 atom stereocenters. The molecule has 2 aromatic heterocycles. The molecule has 2 N–H and O–H groups in total. The van der Waals surface area contributed by atoms with Gasteiger partial charge in [0.15, 0.2) is 0 Å². The fourth-order valence-corrected chi connectivity index (χ4v) is 3.39. The number of aryl methyl sites for hydroxylation is 1. The van der Waals surface area contributed by atoms with Gasteiger partial charge in [0.05, 0.1) is 16.4 Å². The Bertz CT molecular complexity index is 1330. The molecule has 0 amide bonds. The molecule has 0 aliphatic rings. The van der Waals surface area contributed by atoms with Gasteiger partial charge < -0.3 is 9.40 Å². The van der Waals surface area contributed by atoms with Gasteiger partial charge in [-0.1, -0.05) is 55.5 Å². The highest BCUT2D eigenvalue weighted by atomic mass is 16.3. The van der Waals surface area contributed by atoms with Crippen molar-refractivity contribution in [3.63, 3.8) is 0 Å². The summed E-state index contributed by atoms with van der Waals surface area (Å²) in [5.74, 6) is 1.38. The second-order valence-electron chi connectivity index (χ2n) is 6.87. The lowest BCUT2D eigenvalue weighted by Crippen LogP contribution is -2.08. The molecule has 5 heteroatoms. The summed E-state index contributed by atoms with van der Waals surface area (Å²) in [4.78, 5) is 7.78. The van der Waals surface area contributed by atoms with Gasteiger partial charge in [0.2, 0.25) is 5.95 Å². The molecule has 3 aromatic carbocycles. The van der Waals surface area contributed by atoms with Gasteiger partial charge in [0.1, 0.15) is 11.3 Å². The van der Waals surface area contributed by atoms with Gasteiger partial charge in [0.25, 0.3) is 0 Å². The summed E-state index contributed by atoms with van der Waals surface area (Å²) in [7, 11) is 0. The standard InChI is InChI=1S/C24H20N4O/c1-2-16-12-13-22-18(14-16)21(15-23(29-22)17-8-4-3-5-9-17)27-28-24-25-19-10-6-7-11-20(19)26-24/h3-15H,2H2,1H3,(H2,25,26,28)/b27-21+. The minimum atomic E-state index is 0.605. The Kier molecular flexibility index (Phi) is 4.33. The van der Waals surface area contributed by atoms with Crippen LogP contribution in [-0.2, 0) is 6.42 Å². The normalized spacial score (nSPS) is 12.0. The summed E-state index contributed by atoms with van der Waals surface area (Å²) in [5.41, 5.74) is 7.99. The number of aromatic amines is 1. The third kappa shape index (κ3) is 3.38. The highest BCUT2D eigenvalue weighted by Gasteiger charge is 2.07.